The Balaban J connectivity index is 0.000000185. The summed E-state index contributed by atoms with van der Waals surface area (Å²) in [7, 11) is -11.6. The van der Waals surface area contributed by atoms with E-state index in [0.717, 1.165) is 148 Å². The van der Waals surface area contributed by atoms with E-state index in [-0.39, 0.29) is 87.7 Å². The topological polar surface area (TPSA) is 361 Å². The SMILES string of the molecule is C=S(C)(=O)N1CCC([C@@H]2COc3cc(S(=O)(=O)NC(=O)c4ccc(N5CCN(CC6=C(c7ccc(Cl)cc7)CC(C)(C)CC6)CC5)cc4Oc4cnc5[nH]ccc5c4)cc([N+](=O)[O-])c3C2)CC1.CC(=O)N1CCC([C@@H]2COc3cc(S(=O)(=O)NC(=O)c4ccc(N5CCN(CC6=C(c7ccc(Cl)cc7)CC(C)(C)CC6)CC5)cc4Oc4cnc5[nH]ccc5c4)cc([N+](=O)[O-])c3C2)CC1. The van der Waals surface area contributed by atoms with Gasteiger partial charge in [0, 0.05) is 207 Å². The van der Waals surface area contributed by atoms with Crippen molar-refractivity contribution in [2.75, 3.05) is 121 Å². The molecule has 30 nitrogen and oxygen atoms in total. The number of hydrogen-bond acceptors (Lipinski definition) is 22. The maximum atomic E-state index is 14.1. The molecular weight excluding hydrogens is 1800 g/mol. The highest BCUT2D eigenvalue weighted by atomic mass is 35.5. The Hall–Kier alpha value is -11.4. The number of nitrogens with zero attached hydrogens (tertiary/aromatic N) is 10. The molecule has 4 fully saturated rings. The zero-order valence-corrected chi connectivity index (χ0v) is 79.3. The summed E-state index contributed by atoms with van der Waals surface area (Å²) in [5.41, 5.74) is 11.2. The van der Waals surface area contributed by atoms with E-state index in [0.29, 0.717) is 99.1 Å². The summed E-state index contributed by atoms with van der Waals surface area (Å²) in [5.74, 6) is 3.23. The van der Waals surface area contributed by atoms with E-state index in [4.69, 9.17) is 42.1 Å². The molecule has 3 atom stereocenters. The van der Waals surface area contributed by atoms with Gasteiger partial charge in [0.2, 0.25) is 5.91 Å². The lowest BCUT2D eigenvalue weighted by molar-refractivity contribution is -0.386. The molecule has 4 N–H and O–H groups in total. The molecule has 6 aromatic carbocycles. The number of nitrogens with one attached hydrogen (secondary N) is 4. The predicted octanol–water partition coefficient (Wildman–Crippen LogP) is 17.0. The van der Waals surface area contributed by atoms with Crippen LogP contribution < -0.4 is 38.2 Å². The number of nitro groups is 2. The largest absolute Gasteiger partial charge is 0.493 e. The lowest BCUT2D eigenvalue weighted by atomic mass is 9.72. The number of fused-ring (bicyclic) bond motifs is 4. The zero-order chi connectivity index (χ0) is 93.6. The summed E-state index contributed by atoms with van der Waals surface area (Å²) in [6.45, 7) is 21.6. The molecule has 0 saturated carbocycles. The Morgan fingerprint density at radius 3 is 1.32 bits per heavy atom. The first-order valence-corrected chi connectivity index (χ1v) is 51.0. The van der Waals surface area contributed by atoms with Gasteiger partial charge in [-0.2, -0.15) is 0 Å². The first-order valence-electron chi connectivity index (χ1n) is 45.2. The third-order valence-electron chi connectivity index (χ3n) is 27.7. The van der Waals surface area contributed by atoms with Gasteiger partial charge in [-0.15, -0.1) is 0 Å². The number of rotatable bonds is 23. The predicted molar refractivity (Wildman–Crippen MR) is 516 cm³/mol. The van der Waals surface area contributed by atoms with Crippen LogP contribution in [0.3, 0.4) is 0 Å². The molecule has 8 aliphatic rings. The molecule has 1 unspecified atom stereocenters. The fraction of sp³-hybridized carbons (Fsp3) is 0.408. The van der Waals surface area contributed by atoms with Crippen molar-refractivity contribution in [1.82, 2.24) is 48.4 Å². The number of likely N-dealkylation sites (tertiary alicyclic amines) is 1. The first kappa shape index (κ1) is 93.4. The summed E-state index contributed by atoms with van der Waals surface area (Å²) >= 11 is 12.5. The number of amides is 3. The van der Waals surface area contributed by atoms with Crippen molar-refractivity contribution < 1.29 is 64.2 Å². The molecule has 4 aromatic heterocycles. The number of piperazine rings is 2. The molecule has 3 amide bonds. The van der Waals surface area contributed by atoms with Gasteiger partial charge >= 0.3 is 0 Å². The Morgan fingerprint density at radius 1 is 0.534 bits per heavy atom. The first-order chi connectivity index (χ1) is 63.5. The second-order valence-corrected chi connectivity index (χ2v) is 44.6. The second-order valence-electron chi connectivity index (χ2n) is 38.0. The normalized spacial score (nSPS) is 19.9. The molecule has 700 valence electrons. The molecule has 0 radical (unpaired) electrons. The minimum absolute atomic E-state index is 0.0186. The van der Waals surface area contributed by atoms with Crippen LogP contribution in [0.5, 0.6) is 34.5 Å². The van der Waals surface area contributed by atoms with Crippen molar-refractivity contribution in [1.29, 1.82) is 0 Å². The standard InChI is InChI=1S/C49H56ClN7O8S2.C49H54ClN7O8S/c1-49(2)15-11-35(43(28-49)33-5-7-37(50)8-6-33)30-54-19-21-55(22-20-54)38-9-10-41(46(25-38)65-39-23-34-12-16-51-47(34)52-29-39)48(58)53-67(62,63)40-26-44(57(59)60)42-24-36(31-64-45(42)27-40)32-13-17-56(18-14-32)66(3,4)61;1-31(58)55-16-12-32(13-17-55)36-23-42-44(57(60)61)25-40(26-45(42)64-30-36)66(62,63)53-48(59)41-9-8-38(24-46(41)65-39-22-34-11-15-51-47(34)52-28-39)56-20-18-54(19-21-56)29-35-10-14-49(2,3)27-43(35)33-4-6-37(50)7-5-33/h5-10,12,16,23,25-27,29,32,36H,3,11,13-15,17-22,24,28,30-31H2,1-2,4H3,(H,51,52)(H,53,58);4-9,11,15,22,24-26,28,32,36H,10,12-14,16-21,23,27,29-30H2,1-3H3,(H,51,52)(H,53,59)/t36-,66?;36-/m00/s1. The minimum Gasteiger partial charge on any atom is -0.493 e. The van der Waals surface area contributed by atoms with Crippen LogP contribution in [0.15, 0.2) is 179 Å². The molecular formula is C98H110Cl2N14O16S3. The highest BCUT2D eigenvalue weighted by molar-refractivity contribution is 7.97. The lowest BCUT2D eigenvalue weighted by Crippen LogP contribution is -2.47. The fourth-order valence-corrected chi connectivity index (χ4v) is 23.2. The molecule has 10 heterocycles. The minimum atomic E-state index is -4.66. The van der Waals surface area contributed by atoms with Crippen molar-refractivity contribution in [2.45, 2.75) is 121 Å². The highest BCUT2D eigenvalue weighted by Crippen LogP contribution is 2.49. The van der Waals surface area contributed by atoms with Crippen LogP contribution in [-0.4, -0.2) is 205 Å². The molecule has 2 aliphatic carbocycles. The van der Waals surface area contributed by atoms with Gasteiger partial charge in [0.1, 0.15) is 45.8 Å². The third-order valence-corrected chi connectivity index (χ3v) is 32.3. The number of carbonyl (C=O) groups is 3. The zero-order valence-electron chi connectivity index (χ0n) is 75.3. The molecule has 10 aromatic rings. The Bertz CT molecular complexity index is 6590. The average Bonchev–Trinajstić information content (AvgIpc) is 1.38. The highest BCUT2D eigenvalue weighted by Gasteiger charge is 2.41. The van der Waals surface area contributed by atoms with Gasteiger partial charge in [0.05, 0.1) is 67.5 Å². The van der Waals surface area contributed by atoms with E-state index in [1.165, 1.54) is 70.1 Å². The average molecular weight is 1910 g/mol. The van der Waals surface area contributed by atoms with Crippen molar-refractivity contribution in [3.05, 3.63) is 233 Å². The van der Waals surface area contributed by atoms with E-state index in [9.17, 15) is 55.7 Å². The molecule has 35 heteroatoms. The molecule has 6 aliphatic heterocycles. The summed E-state index contributed by atoms with van der Waals surface area (Å²) < 4.78 is 99.4. The number of benzene rings is 6. The number of allylic oxidation sites excluding steroid dienone is 2. The fourth-order valence-electron chi connectivity index (χ4n) is 20.0. The van der Waals surface area contributed by atoms with Crippen LogP contribution in [0.2, 0.25) is 10.0 Å². The van der Waals surface area contributed by atoms with Crippen LogP contribution in [0.4, 0.5) is 22.7 Å². The number of aromatic amines is 2. The van der Waals surface area contributed by atoms with E-state index < -0.39 is 72.6 Å². The van der Waals surface area contributed by atoms with Crippen LogP contribution in [0, 0.1) is 54.7 Å². The van der Waals surface area contributed by atoms with E-state index >= 15 is 0 Å². The Kier molecular flexibility index (Phi) is 27.0. The molecule has 133 heavy (non-hydrogen) atoms. The number of carbonyl (C=O) groups excluding carboxylic acids is 3. The second kappa shape index (κ2) is 38.5. The van der Waals surface area contributed by atoms with E-state index in [1.54, 1.807) is 66.9 Å². The number of hydrogen-bond donors (Lipinski definition) is 4. The van der Waals surface area contributed by atoms with Gasteiger partial charge in [-0.25, -0.2) is 40.6 Å². The maximum Gasteiger partial charge on any atom is 0.277 e. The number of aromatic nitrogens is 4. The maximum absolute atomic E-state index is 14.1. The quantitative estimate of drug-likeness (QED) is 0.0262. The Labute approximate surface area is 784 Å². The Morgan fingerprint density at radius 2 is 0.932 bits per heavy atom. The monoisotopic (exact) mass is 1900 g/mol. The number of nitro benzene ring substituents is 2. The van der Waals surface area contributed by atoms with Gasteiger partial charge in [-0.1, -0.05) is 86.3 Å². The number of ether oxygens (including phenoxy) is 4. The van der Waals surface area contributed by atoms with E-state index in [1.807, 2.05) is 40.7 Å². The van der Waals surface area contributed by atoms with Gasteiger partial charge in [-0.3, -0.25) is 48.6 Å². The summed E-state index contributed by atoms with van der Waals surface area (Å²) in [4.78, 5) is 89.0. The van der Waals surface area contributed by atoms with Crippen LogP contribution >= 0.6 is 23.2 Å². The van der Waals surface area contributed by atoms with Gasteiger partial charge in [-0.05, 0) is 201 Å². The number of sulfonamides is 2. The molecule has 0 bridgehead atoms. The summed E-state index contributed by atoms with van der Waals surface area (Å²) in [6.07, 6.45) is 18.1. The smallest absolute Gasteiger partial charge is 0.277 e. The van der Waals surface area contributed by atoms with Crippen LogP contribution in [0.1, 0.15) is 142 Å². The van der Waals surface area contributed by atoms with Gasteiger partial charge < -0.3 is 43.6 Å². The van der Waals surface area contributed by atoms with Crippen LogP contribution in [-0.2, 0) is 47.4 Å². The third kappa shape index (κ3) is 21.5. The van der Waals surface area contributed by atoms with Crippen LogP contribution in [0.25, 0.3) is 33.2 Å². The summed E-state index contributed by atoms with van der Waals surface area (Å²) in [6, 6.07) is 38.1. The van der Waals surface area contributed by atoms with Crippen molar-refractivity contribution >= 4 is 133 Å². The van der Waals surface area contributed by atoms with Gasteiger partial charge in [0.25, 0.3) is 43.2 Å². The number of piperidine rings is 2. The number of H-pyrrole nitrogens is 2. The molecule has 4 saturated heterocycles. The van der Waals surface area contributed by atoms with Crippen molar-refractivity contribution in [3.63, 3.8) is 0 Å². The van der Waals surface area contributed by atoms with E-state index in [2.05, 4.69) is 107 Å². The molecule has 0 spiro atoms. The molecule has 18 rings (SSSR count). The lowest BCUT2D eigenvalue weighted by Gasteiger charge is -2.39. The number of halogens is 2. The van der Waals surface area contributed by atoms with Crippen molar-refractivity contribution in [3.8, 4) is 34.5 Å². The summed E-state index contributed by atoms with van der Waals surface area (Å²) in [5, 5.41) is 27.9. The number of pyridine rings is 2. The van der Waals surface area contributed by atoms with Crippen molar-refractivity contribution in [2.24, 2.45) is 34.5 Å². The van der Waals surface area contributed by atoms with Gasteiger partial charge in [0.15, 0.2) is 0 Å². The number of anilines is 2.